The van der Waals surface area contributed by atoms with Gasteiger partial charge in [-0.2, -0.15) is 0 Å². The molecule has 1 atom stereocenters. The summed E-state index contributed by atoms with van der Waals surface area (Å²) in [5.41, 5.74) is 3.97. The lowest BCUT2D eigenvalue weighted by molar-refractivity contribution is 0.0320. The number of hydrogen-bond acceptors (Lipinski definition) is 6. The van der Waals surface area contributed by atoms with Crippen molar-refractivity contribution in [1.29, 1.82) is 0 Å². The molecule has 1 aliphatic heterocycles. The monoisotopic (exact) mass is 652 g/mol. The molecule has 2 heterocycles. The number of nitrogens with zero attached hydrogens (tertiary/aromatic N) is 2. The molecule has 6 rings (SSSR count). The Labute approximate surface area is 260 Å². The van der Waals surface area contributed by atoms with Crippen molar-refractivity contribution in [2.45, 2.75) is 20.0 Å². The summed E-state index contributed by atoms with van der Waals surface area (Å²) in [4.78, 5) is 58.3. The first-order valence-corrected chi connectivity index (χ1v) is 14.5. The summed E-state index contributed by atoms with van der Waals surface area (Å²) >= 11 is 9.98. The van der Waals surface area contributed by atoms with Crippen LogP contribution in [0.1, 0.15) is 53.9 Å². The van der Waals surface area contributed by atoms with Crippen LogP contribution in [0.4, 0.5) is 5.69 Å². The number of carbonyl (C=O) groups is 4. The third-order valence-electron chi connectivity index (χ3n) is 7.37. The average Bonchev–Trinajstić information content (AvgIpc) is 3.28. The maximum Gasteiger partial charge on any atom is 0.339 e. The van der Waals surface area contributed by atoms with E-state index in [1.165, 1.54) is 6.92 Å². The van der Waals surface area contributed by atoms with Crippen molar-refractivity contribution >= 4 is 67.7 Å². The minimum atomic E-state index is -1.03. The Hall–Kier alpha value is -4.66. The predicted octanol–water partition coefficient (Wildman–Crippen LogP) is 7.85. The Morgan fingerprint density at radius 3 is 2.12 bits per heavy atom. The van der Waals surface area contributed by atoms with Crippen molar-refractivity contribution in [2.24, 2.45) is 0 Å². The smallest absolute Gasteiger partial charge is 0.339 e. The van der Waals surface area contributed by atoms with Gasteiger partial charge in [0.05, 0.1) is 38.6 Å². The molecule has 43 heavy (non-hydrogen) atoms. The van der Waals surface area contributed by atoms with Gasteiger partial charge in [0, 0.05) is 21.0 Å². The lowest BCUT2D eigenvalue weighted by atomic mass is 10.0. The van der Waals surface area contributed by atoms with E-state index in [4.69, 9.17) is 21.3 Å². The quantitative estimate of drug-likeness (QED) is 0.105. The largest absolute Gasteiger partial charge is 0.451 e. The van der Waals surface area contributed by atoms with Gasteiger partial charge in [-0.25, -0.2) is 14.7 Å². The molecule has 0 N–H and O–H groups in total. The zero-order valence-electron chi connectivity index (χ0n) is 22.9. The highest BCUT2D eigenvalue weighted by molar-refractivity contribution is 9.10. The molecule has 0 fully saturated rings. The number of aromatic nitrogens is 1. The van der Waals surface area contributed by atoms with Gasteiger partial charge in [-0.05, 0) is 71.7 Å². The summed E-state index contributed by atoms with van der Waals surface area (Å²) in [6.07, 6.45) is -1.03. The maximum atomic E-state index is 13.6. The molecule has 4 aromatic carbocycles. The van der Waals surface area contributed by atoms with Gasteiger partial charge >= 0.3 is 5.97 Å². The van der Waals surface area contributed by atoms with E-state index in [-0.39, 0.29) is 11.3 Å². The Kier molecular flexibility index (Phi) is 7.42. The first-order chi connectivity index (χ1) is 20.7. The predicted molar refractivity (Wildman–Crippen MR) is 168 cm³/mol. The number of carbonyl (C=O) groups excluding carboxylic acids is 4. The van der Waals surface area contributed by atoms with E-state index in [0.29, 0.717) is 59.6 Å². The molecule has 7 nitrogen and oxygen atoms in total. The number of rotatable bonds is 6. The number of ether oxygens (including phenoxy) is 1. The fourth-order valence-electron chi connectivity index (χ4n) is 5.10. The van der Waals surface area contributed by atoms with Crippen LogP contribution in [0.3, 0.4) is 0 Å². The molecule has 1 aromatic heterocycles. The summed E-state index contributed by atoms with van der Waals surface area (Å²) in [7, 11) is 0. The zero-order valence-corrected chi connectivity index (χ0v) is 25.3. The van der Waals surface area contributed by atoms with Gasteiger partial charge in [0.15, 0.2) is 6.10 Å². The molecule has 9 heteroatoms. The number of halogens is 2. The summed E-state index contributed by atoms with van der Waals surface area (Å²) in [6.45, 7) is 3.34. The topological polar surface area (TPSA) is 93.6 Å². The van der Waals surface area contributed by atoms with Crippen LogP contribution in [0, 0.1) is 6.92 Å². The molecule has 0 radical (unpaired) electrons. The second kappa shape index (κ2) is 11.2. The molecule has 0 saturated carbocycles. The van der Waals surface area contributed by atoms with E-state index in [0.717, 1.165) is 4.90 Å². The molecule has 1 unspecified atom stereocenters. The van der Waals surface area contributed by atoms with E-state index < -0.39 is 23.9 Å². The minimum Gasteiger partial charge on any atom is -0.451 e. The number of hydrogen-bond donors (Lipinski definition) is 0. The van der Waals surface area contributed by atoms with Gasteiger partial charge in [-0.3, -0.25) is 14.4 Å². The number of amides is 2. The molecule has 5 aromatic rings. The van der Waals surface area contributed by atoms with Crippen LogP contribution in [-0.4, -0.2) is 34.7 Å². The molecular formula is C34H22BrClN2O5. The van der Waals surface area contributed by atoms with E-state index >= 15 is 0 Å². The van der Waals surface area contributed by atoms with Crippen molar-refractivity contribution in [1.82, 2.24) is 4.98 Å². The van der Waals surface area contributed by atoms with E-state index in [9.17, 15) is 19.2 Å². The summed E-state index contributed by atoms with van der Waals surface area (Å²) in [5, 5.41) is 0.953. The highest BCUT2D eigenvalue weighted by Crippen LogP contribution is 2.36. The van der Waals surface area contributed by atoms with Crippen LogP contribution in [0.15, 0.2) is 95.5 Å². The van der Waals surface area contributed by atoms with Crippen LogP contribution < -0.4 is 4.90 Å². The molecule has 0 aliphatic carbocycles. The van der Waals surface area contributed by atoms with Crippen LogP contribution in [0.25, 0.3) is 22.2 Å². The number of aryl methyl sites for hydroxylation is 1. The molecule has 212 valence electrons. The molecule has 0 bridgehead atoms. The molecule has 0 spiro atoms. The number of imide groups is 1. The van der Waals surface area contributed by atoms with Crippen molar-refractivity contribution in [3.8, 4) is 11.3 Å². The molecule has 0 saturated heterocycles. The molecule has 1 aliphatic rings. The number of benzene rings is 4. The van der Waals surface area contributed by atoms with Crippen molar-refractivity contribution in [3.05, 3.63) is 128 Å². The minimum absolute atomic E-state index is 0.206. The number of Topliss-reactive ketones (excluding diaryl/α,β-unsaturated/α-hetero) is 1. The van der Waals surface area contributed by atoms with E-state index in [1.54, 1.807) is 97.9 Å². The van der Waals surface area contributed by atoms with Gasteiger partial charge in [0.1, 0.15) is 0 Å². The first kappa shape index (κ1) is 28.5. The Morgan fingerprint density at radius 1 is 0.884 bits per heavy atom. The van der Waals surface area contributed by atoms with Crippen molar-refractivity contribution in [3.63, 3.8) is 0 Å². The van der Waals surface area contributed by atoms with Crippen molar-refractivity contribution in [2.75, 3.05) is 4.90 Å². The lowest BCUT2D eigenvalue weighted by Gasteiger charge is -2.17. The summed E-state index contributed by atoms with van der Waals surface area (Å²) in [5.74, 6) is -1.80. The van der Waals surface area contributed by atoms with Gasteiger partial charge < -0.3 is 4.74 Å². The summed E-state index contributed by atoms with van der Waals surface area (Å²) in [6, 6.07) is 25.4. The zero-order chi connectivity index (χ0) is 30.4. The van der Waals surface area contributed by atoms with Gasteiger partial charge in [0.25, 0.3) is 11.8 Å². The normalized spacial score (nSPS) is 13.3. The van der Waals surface area contributed by atoms with E-state index in [2.05, 4.69) is 15.9 Å². The Morgan fingerprint density at radius 2 is 1.49 bits per heavy atom. The number of esters is 1. The van der Waals surface area contributed by atoms with E-state index in [1.807, 2.05) is 0 Å². The first-order valence-electron chi connectivity index (χ1n) is 13.3. The SMILES string of the molecule is Cc1c(Cl)c(Br)cc2c(C(=O)OC(C)C(=O)c3ccccc3)cc(-c3ccc(N4C(=O)c5ccccc5C4=O)cc3)nc12. The number of ketones is 1. The third-order valence-corrected chi connectivity index (χ3v) is 8.71. The molecular weight excluding hydrogens is 632 g/mol. The standard InChI is InChI=1S/C34H22BrClN2O5/c1-18-29(36)27(35)16-25-26(34(42)43-19(2)31(39)21-8-4-3-5-9-21)17-28(37-30(18)25)20-12-14-22(15-13-20)38-32(40)23-10-6-7-11-24(23)33(38)41/h3-17,19H,1-2H3. The van der Waals surface area contributed by atoms with Crippen LogP contribution in [-0.2, 0) is 4.74 Å². The highest BCUT2D eigenvalue weighted by atomic mass is 79.9. The van der Waals surface area contributed by atoms with Gasteiger partial charge in [0.2, 0.25) is 5.78 Å². The lowest BCUT2D eigenvalue weighted by Crippen LogP contribution is -2.29. The highest BCUT2D eigenvalue weighted by Gasteiger charge is 2.36. The van der Waals surface area contributed by atoms with Crippen LogP contribution in [0.2, 0.25) is 5.02 Å². The van der Waals surface area contributed by atoms with Gasteiger partial charge in [-0.1, -0.05) is 66.2 Å². The Balaban J connectivity index is 1.37. The third kappa shape index (κ3) is 5.02. The number of pyridine rings is 1. The number of anilines is 1. The van der Waals surface area contributed by atoms with Crippen LogP contribution in [0.5, 0.6) is 0 Å². The fourth-order valence-corrected chi connectivity index (χ4v) is 5.77. The fraction of sp³-hybridized carbons (Fsp3) is 0.0882. The number of fused-ring (bicyclic) bond motifs is 2. The summed E-state index contributed by atoms with van der Waals surface area (Å²) < 4.78 is 6.24. The molecule has 2 amide bonds. The maximum absolute atomic E-state index is 13.6. The van der Waals surface area contributed by atoms with Crippen LogP contribution >= 0.6 is 27.5 Å². The Bertz CT molecular complexity index is 1940. The average molecular weight is 654 g/mol. The van der Waals surface area contributed by atoms with Gasteiger partial charge in [-0.15, -0.1) is 0 Å². The van der Waals surface area contributed by atoms with Crippen molar-refractivity contribution < 1.29 is 23.9 Å². The second-order valence-electron chi connectivity index (χ2n) is 10.1. The second-order valence-corrected chi connectivity index (χ2v) is 11.3.